The van der Waals surface area contributed by atoms with E-state index >= 15 is 0 Å². The Kier molecular flexibility index (Phi) is 8.98. The molecular weight excluding hydrogens is 651 g/mol. The van der Waals surface area contributed by atoms with Crippen LogP contribution < -0.4 is 15.4 Å². The van der Waals surface area contributed by atoms with Crippen molar-refractivity contribution in [2.45, 2.75) is 96.4 Å². The topological polar surface area (TPSA) is 154 Å². The monoisotopic (exact) mass is 689 g/mol. The summed E-state index contributed by atoms with van der Waals surface area (Å²) < 4.78 is 69.2. The van der Waals surface area contributed by atoms with Crippen molar-refractivity contribution in [3.8, 4) is 17.2 Å². The molecule has 1 saturated carbocycles. The van der Waals surface area contributed by atoms with Gasteiger partial charge in [0, 0.05) is 29.5 Å². The van der Waals surface area contributed by atoms with Gasteiger partial charge < -0.3 is 38.9 Å². The van der Waals surface area contributed by atoms with Crippen molar-refractivity contribution in [3.05, 3.63) is 41.4 Å². The summed E-state index contributed by atoms with van der Waals surface area (Å²) in [6.45, 7) is 8.52. The number of hydrogen-bond acceptors (Lipinski definition) is 10. The molecule has 6 rings (SSSR count). The number of fused-ring (bicyclic) bond motifs is 1. The standard InChI is InChI=1S/C33H38F3N5O8/c1-15(37-31(44)49-32(3,4)5)26-25(29(43)41-14-18(38-27(42)17-7-8-17)13-21(41)30-46-16(2)47-30)40-28(48-26)20-9-11-22(45-6)24-19(20)10-12-23(39-24)33(34,35)36/h9-12,15-18,21,30H,7-8,13-14H2,1-6H3,(H,37,44)(H,38,42)/t15-,16?,18+,21-,30?/m0/s1. The van der Waals surface area contributed by atoms with E-state index in [1.807, 2.05) is 0 Å². The molecule has 3 fully saturated rings. The number of amides is 3. The summed E-state index contributed by atoms with van der Waals surface area (Å²) in [6, 6.07) is 3.11. The van der Waals surface area contributed by atoms with Crippen molar-refractivity contribution >= 4 is 28.8 Å². The van der Waals surface area contributed by atoms with Gasteiger partial charge in [0.1, 0.15) is 22.6 Å². The summed E-state index contributed by atoms with van der Waals surface area (Å²) in [7, 11) is 1.31. The van der Waals surface area contributed by atoms with Crippen LogP contribution in [-0.2, 0) is 25.2 Å². The van der Waals surface area contributed by atoms with Gasteiger partial charge in [0.25, 0.3) is 5.91 Å². The van der Waals surface area contributed by atoms with Crippen LogP contribution in [0.25, 0.3) is 22.4 Å². The molecule has 1 aliphatic carbocycles. The second-order valence-corrected chi connectivity index (χ2v) is 13.5. The zero-order valence-corrected chi connectivity index (χ0v) is 27.8. The SMILES string of the molecule is COc1ccc(-c2nc(C(=O)N3C[C@H](NC(=O)C4CC4)C[C@H]3C3OC(C)O3)c([C@H](C)NC(=O)OC(C)(C)C)o2)c2ccc(C(F)(F)F)nc12. The Hall–Kier alpha value is -4.44. The van der Waals surface area contributed by atoms with Gasteiger partial charge in [-0.3, -0.25) is 9.59 Å². The summed E-state index contributed by atoms with van der Waals surface area (Å²) in [5, 5.41) is 5.91. The summed E-state index contributed by atoms with van der Waals surface area (Å²) >= 11 is 0. The predicted molar refractivity (Wildman–Crippen MR) is 166 cm³/mol. The van der Waals surface area contributed by atoms with E-state index in [1.54, 1.807) is 34.6 Å². The Labute approximate surface area is 279 Å². The number of pyridine rings is 1. The zero-order valence-electron chi connectivity index (χ0n) is 27.8. The first-order valence-corrected chi connectivity index (χ1v) is 16.0. The maximum absolute atomic E-state index is 14.4. The lowest BCUT2D eigenvalue weighted by Crippen LogP contribution is -2.53. The number of halogens is 3. The smallest absolute Gasteiger partial charge is 0.433 e. The van der Waals surface area contributed by atoms with Crippen molar-refractivity contribution in [1.29, 1.82) is 0 Å². The molecule has 16 heteroatoms. The maximum atomic E-state index is 14.4. The minimum atomic E-state index is -4.71. The predicted octanol–water partition coefficient (Wildman–Crippen LogP) is 5.33. The van der Waals surface area contributed by atoms with Gasteiger partial charge in [-0.15, -0.1) is 0 Å². The fraction of sp³-hybridized carbons (Fsp3) is 0.545. The number of methoxy groups -OCH3 is 1. The zero-order chi connectivity index (χ0) is 35.4. The van der Waals surface area contributed by atoms with E-state index in [-0.39, 0.29) is 64.0 Å². The van der Waals surface area contributed by atoms with Crippen LogP contribution in [0.5, 0.6) is 5.75 Å². The molecule has 2 N–H and O–H groups in total. The molecule has 3 aromatic rings. The van der Waals surface area contributed by atoms with Crippen molar-refractivity contribution < 1.29 is 50.9 Å². The molecule has 0 radical (unpaired) electrons. The van der Waals surface area contributed by atoms with E-state index in [2.05, 4.69) is 20.6 Å². The van der Waals surface area contributed by atoms with Gasteiger partial charge >= 0.3 is 12.3 Å². The number of nitrogens with one attached hydrogen (secondary N) is 2. The minimum Gasteiger partial charge on any atom is -0.494 e. The molecule has 2 saturated heterocycles. The number of hydrogen-bond donors (Lipinski definition) is 2. The van der Waals surface area contributed by atoms with Gasteiger partial charge in [0.2, 0.25) is 11.8 Å². The first kappa shape index (κ1) is 34.4. The van der Waals surface area contributed by atoms with Crippen LogP contribution in [0, 0.1) is 5.92 Å². The lowest BCUT2D eigenvalue weighted by Gasteiger charge is -2.40. The van der Waals surface area contributed by atoms with E-state index in [0.29, 0.717) is 6.42 Å². The first-order chi connectivity index (χ1) is 23.0. The van der Waals surface area contributed by atoms with Crippen LogP contribution in [0.2, 0.25) is 0 Å². The molecule has 0 unspecified atom stereocenters. The van der Waals surface area contributed by atoms with E-state index in [4.69, 9.17) is 23.4 Å². The highest BCUT2D eigenvalue weighted by Crippen LogP contribution is 2.39. The number of oxazole rings is 1. The van der Waals surface area contributed by atoms with Crippen LogP contribution in [0.15, 0.2) is 28.7 Å². The lowest BCUT2D eigenvalue weighted by molar-refractivity contribution is -0.387. The Bertz CT molecular complexity index is 1760. The number of ether oxygens (including phenoxy) is 4. The highest BCUT2D eigenvalue weighted by molar-refractivity contribution is 5.98. The second kappa shape index (κ2) is 12.8. The third-order valence-corrected chi connectivity index (χ3v) is 8.41. The molecule has 264 valence electrons. The number of carbonyl (C=O) groups is 3. The average molecular weight is 690 g/mol. The van der Waals surface area contributed by atoms with E-state index < -0.39 is 54.1 Å². The van der Waals surface area contributed by atoms with Gasteiger partial charge in [-0.25, -0.2) is 14.8 Å². The van der Waals surface area contributed by atoms with Crippen LogP contribution in [-0.4, -0.2) is 76.7 Å². The number of alkyl halides is 3. The molecule has 3 atom stereocenters. The van der Waals surface area contributed by atoms with Crippen molar-refractivity contribution in [1.82, 2.24) is 25.5 Å². The lowest BCUT2D eigenvalue weighted by atomic mass is 10.1. The maximum Gasteiger partial charge on any atom is 0.433 e. The number of alkyl carbamates (subject to hydrolysis) is 1. The largest absolute Gasteiger partial charge is 0.494 e. The third-order valence-electron chi connectivity index (χ3n) is 8.41. The molecule has 13 nitrogen and oxygen atoms in total. The molecule has 49 heavy (non-hydrogen) atoms. The van der Waals surface area contributed by atoms with E-state index in [1.165, 1.54) is 30.2 Å². The van der Waals surface area contributed by atoms with Crippen molar-refractivity contribution in [2.24, 2.45) is 5.92 Å². The van der Waals surface area contributed by atoms with Gasteiger partial charge in [-0.1, -0.05) is 0 Å². The number of carbonyl (C=O) groups excluding carboxylic acids is 3. The van der Waals surface area contributed by atoms with Crippen LogP contribution in [0.4, 0.5) is 18.0 Å². The molecular formula is C33H38F3N5O8. The quantitative estimate of drug-likeness (QED) is 0.317. The van der Waals surface area contributed by atoms with Crippen LogP contribution in [0.3, 0.4) is 0 Å². The number of benzene rings is 1. The van der Waals surface area contributed by atoms with Gasteiger partial charge in [0.15, 0.2) is 24.0 Å². The number of nitrogens with zero attached hydrogens (tertiary/aromatic N) is 3. The minimum absolute atomic E-state index is 0.0253. The third kappa shape index (κ3) is 7.29. The molecule has 0 spiro atoms. The number of rotatable bonds is 8. The normalized spacial score (nSPS) is 23.2. The first-order valence-electron chi connectivity index (χ1n) is 16.0. The summed E-state index contributed by atoms with van der Waals surface area (Å²) in [5.41, 5.74) is -1.96. The van der Waals surface area contributed by atoms with Crippen LogP contribution >= 0.6 is 0 Å². The van der Waals surface area contributed by atoms with E-state index in [9.17, 15) is 27.6 Å². The fourth-order valence-corrected chi connectivity index (χ4v) is 5.98. The highest BCUT2D eigenvalue weighted by atomic mass is 19.4. The van der Waals surface area contributed by atoms with Gasteiger partial charge in [-0.05, 0) is 78.1 Å². The average Bonchev–Trinajstić information content (AvgIpc) is 3.64. The summed E-state index contributed by atoms with van der Waals surface area (Å²) in [4.78, 5) is 49.7. The Balaban J connectivity index is 1.40. The molecule has 2 aromatic heterocycles. The molecule has 4 heterocycles. The number of likely N-dealkylation sites (tertiary alicyclic amines) is 1. The second-order valence-electron chi connectivity index (χ2n) is 13.5. The number of aromatic nitrogens is 2. The Morgan fingerprint density at radius 2 is 1.78 bits per heavy atom. The van der Waals surface area contributed by atoms with Gasteiger partial charge in [-0.2, -0.15) is 13.2 Å². The molecule has 1 aromatic carbocycles. The Morgan fingerprint density at radius 1 is 1.06 bits per heavy atom. The van der Waals surface area contributed by atoms with Crippen LogP contribution in [0.1, 0.15) is 81.9 Å². The van der Waals surface area contributed by atoms with E-state index in [0.717, 1.165) is 18.9 Å². The summed E-state index contributed by atoms with van der Waals surface area (Å²) in [5.74, 6) is -0.743. The highest BCUT2D eigenvalue weighted by Gasteiger charge is 2.48. The van der Waals surface area contributed by atoms with Gasteiger partial charge in [0.05, 0.1) is 19.2 Å². The molecule has 3 amide bonds. The molecule has 3 aliphatic rings. The van der Waals surface area contributed by atoms with Crippen molar-refractivity contribution in [3.63, 3.8) is 0 Å². The summed E-state index contributed by atoms with van der Waals surface area (Å²) in [6.07, 6.45) is -4.69. The fourth-order valence-electron chi connectivity index (χ4n) is 5.98. The van der Waals surface area contributed by atoms with Crippen molar-refractivity contribution in [2.75, 3.05) is 13.7 Å². The molecule has 0 bridgehead atoms. The molecule has 2 aliphatic heterocycles. The Morgan fingerprint density at radius 3 is 2.39 bits per heavy atom.